The van der Waals surface area contributed by atoms with Crippen molar-refractivity contribution in [2.75, 3.05) is 0 Å². The van der Waals surface area contributed by atoms with Gasteiger partial charge in [0.25, 0.3) is 0 Å². The summed E-state index contributed by atoms with van der Waals surface area (Å²) in [5.74, 6) is 0.868. The van der Waals surface area contributed by atoms with Crippen molar-refractivity contribution in [1.82, 2.24) is 4.98 Å². The molecule has 3 heteroatoms. The number of aryl methyl sites for hydroxylation is 1. The number of para-hydroxylation sites is 1. The number of Topliss-reactive ketones (excluding diaryl/α,β-unsaturated/α-hetero) is 1. The molecule has 0 fully saturated rings. The third-order valence-electron chi connectivity index (χ3n) is 4.04. The number of nitrogens with one attached hydrogen (secondary N) is 1. The number of ketones is 1. The number of carbonyl (C=O) groups excluding carboxylic acids is 1. The van der Waals surface area contributed by atoms with Crippen LogP contribution >= 0.6 is 0 Å². The van der Waals surface area contributed by atoms with Crippen molar-refractivity contribution >= 4 is 16.7 Å². The van der Waals surface area contributed by atoms with Crippen LogP contribution in [0.1, 0.15) is 21.5 Å². The minimum absolute atomic E-state index is 0.0429. The fraction of sp³-hybridized carbons (Fsp3) is 0.167. The van der Waals surface area contributed by atoms with Crippen LogP contribution in [0, 0.1) is 6.92 Å². The van der Waals surface area contributed by atoms with Gasteiger partial charge in [0.05, 0.1) is 0 Å². The summed E-state index contributed by atoms with van der Waals surface area (Å²) < 4.78 is 5.80. The van der Waals surface area contributed by atoms with E-state index in [2.05, 4.69) is 11.1 Å². The highest BCUT2D eigenvalue weighted by molar-refractivity contribution is 6.10. The summed E-state index contributed by atoms with van der Waals surface area (Å²) >= 11 is 0. The van der Waals surface area contributed by atoms with E-state index in [1.54, 1.807) is 6.20 Å². The molecule has 2 aromatic carbocycles. The fourth-order valence-electron chi connectivity index (χ4n) is 2.95. The number of H-pyrrole nitrogens is 1. The highest BCUT2D eigenvalue weighted by Gasteiger charge is 2.30. The van der Waals surface area contributed by atoms with E-state index in [1.807, 2.05) is 43.3 Å². The van der Waals surface area contributed by atoms with Crippen molar-refractivity contribution in [2.45, 2.75) is 19.4 Å². The Morgan fingerprint density at radius 3 is 2.95 bits per heavy atom. The first-order valence-corrected chi connectivity index (χ1v) is 7.09. The number of aromatic amines is 1. The average molecular weight is 277 g/mol. The topological polar surface area (TPSA) is 42.1 Å². The zero-order valence-electron chi connectivity index (χ0n) is 11.7. The van der Waals surface area contributed by atoms with Crippen LogP contribution < -0.4 is 4.74 Å². The lowest BCUT2D eigenvalue weighted by atomic mass is 10.0. The smallest absolute Gasteiger partial charge is 0.205 e. The standard InChI is InChI=1S/C18H15NO2/c1-11-6-7-13-14(10-19-15(13)8-11)18(20)17-9-12-4-2-3-5-16(12)21-17/h2-8,10,17,19H,9H2,1H3. The van der Waals surface area contributed by atoms with Gasteiger partial charge in [-0.3, -0.25) is 4.79 Å². The first-order valence-electron chi connectivity index (χ1n) is 7.09. The Bertz CT molecular complexity index is 822. The van der Waals surface area contributed by atoms with Gasteiger partial charge in [0, 0.05) is 29.1 Å². The second kappa shape index (κ2) is 4.48. The van der Waals surface area contributed by atoms with Gasteiger partial charge in [-0.25, -0.2) is 0 Å². The van der Waals surface area contributed by atoms with Gasteiger partial charge in [0.15, 0.2) is 6.10 Å². The second-order valence-electron chi connectivity index (χ2n) is 5.53. The summed E-state index contributed by atoms with van der Waals surface area (Å²) in [6, 6.07) is 13.9. The Labute approximate surface area is 122 Å². The summed E-state index contributed by atoms with van der Waals surface area (Å²) in [4.78, 5) is 15.9. The van der Waals surface area contributed by atoms with E-state index in [4.69, 9.17) is 4.74 Å². The molecule has 0 spiro atoms. The van der Waals surface area contributed by atoms with Crippen LogP contribution in [0.3, 0.4) is 0 Å². The zero-order chi connectivity index (χ0) is 14.4. The molecule has 0 saturated carbocycles. The fourth-order valence-corrected chi connectivity index (χ4v) is 2.95. The first-order chi connectivity index (χ1) is 10.2. The van der Waals surface area contributed by atoms with E-state index in [9.17, 15) is 4.79 Å². The Morgan fingerprint density at radius 2 is 2.10 bits per heavy atom. The molecule has 0 radical (unpaired) electrons. The molecule has 1 atom stereocenters. The van der Waals surface area contributed by atoms with Gasteiger partial charge in [-0.05, 0) is 30.2 Å². The summed E-state index contributed by atoms with van der Waals surface area (Å²) in [7, 11) is 0. The van der Waals surface area contributed by atoms with Gasteiger partial charge in [-0.15, -0.1) is 0 Å². The van der Waals surface area contributed by atoms with Crippen molar-refractivity contribution in [3.63, 3.8) is 0 Å². The van der Waals surface area contributed by atoms with E-state index in [1.165, 1.54) is 5.56 Å². The van der Waals surface area contributed by atoms with Crippen LogP contribution in [0.4, 0.5) is 0 Å². The molecule has 21 heavy (non-hydrogen) atoms. The van der Waals surface area contributed by atoms with E-state index in [-0.39, 0.29) is 5.78 Å². The Hall–Kier alpha value is -2.55. The SMILES string of the molecule is Cc1ccc2c(C(=O)C3Cc4ccccc4O3)c[nH]c2c1. The maximum atomic E-state index is 12.7. The lowest BCUT2D eigenvalue weighted by Gasteiger charge is -2.08. The van der Waals surface area contributed by atoms with Gasteiger partial charge < -0.3 is 9.72 Å². The maximum absolute atomic E-state index is 12.7. The predicted octanol–water partition coefficient (Wildman–Crippen LogP) is 3.66. The Morgan fingerprint density at radius 1 is 1.24 bits per heavy atom. The van der Waals surface area contributed by atoms with Crippen LogP contribution in [-0.2, 0) is 6.42 Å². The summed E-state index contributed by atoms with van der Waals surface area (Å²) in [5, 5.41) is 0.963. The molecule has 1 unspecified atom stereocenters. The molecule has 0 saturated heterocycles. The minimum atomic E-state index is -0.414. The predicted molar refractivity (Wildman–Crippen MR) is 81.9 cm³/mol. The third kappa shape index (κ3) is 1.93. The molecule has 0 aliphatic carbocycles. The molecular formula is C18H15NO2. The third-order valence-corrected chi connectivity index (χ3v) is 4.04. The molecule has 1 aromatic heterocycles. The number of fused-ring (bicyclic) bond motifs is 2. The summed E-state index contributed by atoms with van der Waals surface area (Å²) in [6.45, 7) is 2.04. The molecule has 4 rings (SSSR count). The van der Waals surface area contributed by atoms with Gasteiger partial charge in [0.1, 0.15) is 5.75 Å². The van der Waals surface area contributed by atoms with Crippen molar-refractivity contribution in [2.24, 2.45) is 0 Å². The quantitative estimate of drug-likeness (QED) is 0.726. The van der Waals surface area contributed by atoms with E-state index in [0.29, 0.717) is 12.0 Å². The highest BCUT2D eigenvalue weighted by atomic mass is 16.5. The van der Waals surface area contributed by atoms with E-state index >= 15 is 0 Å². The normalized spacial score (nSPS) is 16.7. The van der Waals surface area contributed by atoms with Crippen LogP contribution in [0.2, 0.25) is 0 Å². The van der Waals surface area contributed by atoms with Crippen LogP contribution in [-0.4, -0.2) is 16.9 Å². The first kappa shape index (κ1) is 12.2. The largest absolute Gasteiger partial charge is 0.482 e. The van der Waals surface area contributed by atoms with Gasteiger partial charge >= 0.3 is 0 Å². The number of hydrogen-bond donors (Lipinski definition) is 1. The van der Waals surface area contributed by atoms with Gasteiger partial charge in [0.2, 0.25) is 5.78 Å². The van der Waals surface area contributed by atoms with Gasteiger partial charge in [-0.2, -0.15) is 0 Å². The number of hydrogen-bond acceptors (Lipinski definition) is 2. The van der Waals surface area contributed by atoms with Crippen molar-refractivity contribution in [1.29, 1.82) is 0 Å². The maximum Gasteiger partial charge on any atom is 0.205 e. The van der Waals surface area contributed by atoms with Crippen molar-refractivity contribution in [3.05, 3.63) is 65.4 Å². The molecule has 1 N–H and O–H groups in total. The van der Waals surface area contributed by atoms with Crippen LogP contribution in [0.15, 0.2) is 48.7 Å². The molecule has 2 heterocycles. The number of ether oxygens (including phenoxy) is 1. The Balaban J connectivity index is 1.69. The van der Waals surface area contributed by atoms with E-state index in [0.717, 1.165) is 22.2 Å². The van der Waals surface area contributed by atoms with E-state index < -0.39 is 6.10 Å². The number of carbonyl (C=O) groups is 1. The molecule has 0 amide bonds. The number of aromatic nitrogens is 1. The number of benzene rings is 2. The molecule has 0 bridgehead atoms. The molecule has 104 valence electrons. The number of rotatable bonds is 2. The molecular weight excluding hydrogens is 262 g/mol. The average Bonchev–Trinajstić information content (AvgIpc) is 3.09. The highest BCUT2D eigenvalue weighted by Crippen LogP contribution is 2.31. The molecule has 1 aliphatic heterocycles. The van der Waals surface area contributed by atoms with Crippen molar-refractivity contribution < 1.29 is 9.53 Å². The minimum Gasteiger partial charge on any atom is -0.482 e. The monoisotopic (exact) mass is 277 g/mol. The zero-order valence-corrected chi connectivity index (χ0v) is 11.7. The van der Waals surface area contributed by atoms with Gasteiger partial charge in [-0.1, -0.05) is 30.3 Å². The molecule has 3 aromatic rings. The molecule has 1 aliphatic rings. The molecule has 3 nitrogen and oxygen atoms in total. The lowest BCUT2D eigenvalue weighted by Crippen LogP contribution is -2.25. The van der Waals surface area contributed by atoms with Crippen molar-refractivity contribution in [3.8, 4) is 5.75 Å². The summed E-state index contributed by atoms with van der Waals surface area (Å²) in [5.41, 5.74) is 3.98. The van der Waals surface area contributed by atoms with Crippen LogP contribution in [0.5, 0.6) is 5.75 Å². The summed E-state index contributed by atoms with van der Waals surface area (Å²) in [6.07, 6.45) is 2.02. The van der Waals surface area contributed by atoms with Crippen LogP contribution in [0.25, 0.3) is 10.9 Å². The Kier molecular flexibility index (Phi) is 2.61. The second-order valence-corrected chi connectivity index (χ2v) is 5.53. The lowest BCUT2D eigenvalue weighted by molar-refractivity contribution is 0.0826.